The Morgan fingerprint density at radius 2 is 1.94 bits per heavy atom. The molecule has 1 rings (SSSR count). The molecule has 0 heterocycles. The van der Waals surface area contributed by atoms with Crippen LogP contribution in [0.15, 0.2) is 18.2 Å². The zero-order valence-corrected chi connectivity index (χ0v) is 10.8. The first-order valence-electron chi connectivity index (χ1n) is 5.87. The van der Waals surface area contributed by atoms with Crippen molar-refractivity contribution in [2.75, 3.05) is 6.61 Å². The van der Waals surface area contributed by atoms with E-state index in [1.165, 1.54) is 16.7 Å². The quantitative estimate of drug-likeness (QED) is 0.801. The van der Waals surface area contributed by atoms with Crippen molar-refractivity contribution in [2.45, 2.75) is 46.2 Å². The van der Waals surface area contributed by atoms with Gasteiger partial charge in [0.05, 0.1) is 0 Å². The maximum Gasteiger partial charge on any atom is 0.0448 e. The second-order valence-corrected chi connectivity index (χ2v) is 5.07. The maximum absolute atomic E-state index is 8.96. The Kier molecular flexibility index (Phi) is 4.51. The third kappa shape index (κ3) is 3.62. The molecule has 0 aliphatic rings. The van der Waals surface area contributed by atoms with Crippen LogP contribution in [0.1, 0.15) is 37.0 Å². The summed E-state index contributed by atoms with van der Waals surface area (Å²) in [5, 5.41) is 12.4. The van der Waals surface area contributed by atoms with Crippen molar-refractivity contribution in [2.24, 2.45) is 0 Å². The molecule has 0 fully saturated rings. The number of aliphatic hydroxyl groups is 1. The predicted molar refractivity (Wildman–Crippen MR) is 68.5 cm³/mol. The zero-order valence-electron chi connectivity index (χ0n) is 10.8. The van der Waals surface area contributed by atoms with Gasteiger partial charge in [0.1, 0.15) is 0 Å². The highest BCUT2D eigenvalue weighted by atomic mass is 16.3. The molecular formula is C14H23NO. The van der Waals surface area contributed by atoms with Gasteiger partial charge in [0, 0.05) is 18.7 Å². The molecule has 0 radical (unpaired) electrons. The summed E-state index contributed by atoms with van der Waals surface area (Å²) >= 11 is 0. The van der Waals surface area contributed by atoms with E-state index in [4.69, 9.17) is 5.11 Å². The van der Waals surface area contributed by atoms with Crippen molar-refractivity contribution in [1.82, 2.24) is 5.32 Å². The summed E-state index contributed by atoms with van der Waals surface area (Å²) in [4.78, 5) is 0. The standard InChI is InChI=1S/C14H23NO/c1-11-6-5-7-13(12(11)2)10-15-14(3,4)8-9-16/h5-7,15-16H,8-10H2,1-4H3. The molecule has 0 amide bonds. The summed E-state index contributed by atoms with van der Waals surface area (Å²) in [5.74, 6) is 0. The molecule has 2 nitrogen and oxygen atoms in total. The van der Waals surface area contributed by atoms with E-state index < -0.39 is 0 Å². The highest BCUT2D eigenvalue weighted by Gasteiger charge is 2.16. The van der Waals surface area contributed by atoms with Crippen LogP contribution >= 0.6 is 0 Å². The first kappa shape index (κ1) is 13.2. The summed E-state index contributed by atoms with van der Waals surface area (Å²) < 4.78 is 0. The molecule has 16 heavy (non-hydrogen) atoms. The van der Waals surface area contributed by atoms with Gasteiger partial charge in [-0.15, -0.1) is 0 Å². The minimum atomic E-state index is -0.00899. The average Bonchev–Trinajstić information content (AvgIpc) is 2.20. The van der Waals surface area contributed by atoms with Gasteiger partial charge in [0.15, 0.2) is 0 Å². The van der Waals surface area contributed by atoms with Gasteiger partial charge in [-0.3, -0.25) is 0 Å². The van der Waals surface area contributed by atoms with Crippen molar-refractivity contribution < 1.29 is 5.11 Å². The minimum Gasteiger partial charge on any atom is -0.396 e. The fraction of sp³-hybridized carbons (Fsp3) is 0.571. The molecule has 2 heteroatoms. The van der Waals surface area contributed by atoms with Gasteiger partial charge in [-0.1, -0.05) is 18.2 Å². The van der Waals surface area contributed by atoms with Gasteiger partial charge < -0.3 is 10.4 Å². The average molecular weight is 221 g/mol. The molecule has 2 N–H and O–H groups in total. The van der Waals surface area contributed by atoms with Gasteiger partial charge in [-0.2, -0.15) is 0 Å². The van der Waals surface area contributed by atoms with E-state index in [1.54, 1.807) is 0 Å². The lowest BCUT2D eigenvalue weighted by Gasteiger charge is -2.26. The van der Waals surface area contributed by atoms with Crippen LogP contribution in [0.4, 0.5) is 0 Å². The summed E-state index contributed by atoms with van der Waals surface area (Å²) in [6.45, 7) is 9.62. The molecule has 1 aromatic rings. The molecule has 0 bridgehead atoms. The molecule has 0 aliphatic carbocycles. The molecule has 0 unspecified atom stereocenters. The molecule has 0 saturated heterocycles. The largest absolute Gasteiger partial charge is 0.396 e. The molecule has 0 aromatic heterocycles. The first-order chi connectivity index (χ1) is 7.46. The van der Waals surface area contributed by atoms with E-state index in [2.05, 4.69) is 51.2 Å². The molecule has 0 spiro atoms. The van der Waals surface area contributed by atoms with Crippen LogP contribution in [0.25, 0.3) is 0 Å². The Morgan fingerprint density at radius 1 is 1.25 bits per heavy atom. The lowest BCUT2D eigenvalue weighted by molar-refractivity contribution is 0.230. The van der Waals surface area contributed by atoms with E-state index >= 15 is 0 Å². The Hall–Kier alpha value is -0.860. The van der Waals surface area contributed by atoms with Crippen molar-refractivity contribution in [3.05, 3.63) is 34.9 Å². The number of rotatable bonds is 5. The Labute approximate surface area is 98.7 Å². The van der Waals surface area contributed by atoms with Crippen molar-refractivity contribution >= 4 is 0 Å². The summed E-state index contributed by atoms with van der Waals surface area (Å²) in [7, 11) is 0. The van der Waals surface area contributed by atoms with Gasteiger partial charge in [-0.25, -0.2) is 0 Å². The number of aliphatic hydroxyl groups excluding tert-OH is 1. The van der Waals surface area contributed by atoms with Crippen LogP contribution in [-0.2, 0) is 6.54 Å². The summed E-state index contributed by atoms with van der Waals surface area (Å²) in [5.41, 5.74) is 4.02. The lowest BCUT2D eigenvalue weighted by atomic mass is 9.99. The normalized spacial score (nSPS) is 11.8. The fourth-order valence-corrected chi connectivity index (χ4v) is 1.71. The van der Waals surface area contributed by atoms with Gasteiger partial charge in [0.25, 0.3) is 0 Å². The van der Waals surface area contributed by atoms with Crippen LogP contribution in [0.5, 0.6) is 0 Å². The van der Waals surface area contributed by atoms with Crippen molar-refractivity contribution in [3.63, 3.8) is 0 Å². The van der Waals surface area contributed by atoms with Gasteiger partial charge in [0.2, 0.25) is 0 Å². The molecule has 1 aromatic carbocycles. The zero-order chi connectivity index (χ0) is 12.2. The minimum absolute atomic E-state index is 0.00899. The van der Waals surface area contributed by atoms with Crippen LogP contribution in [0.2, 0.25) is 0 Å². The first-order valence-corrected chi connectivity index (χ1v) is 5.87. The Bertz CT molecular complexity index is 345. The van der Waals surface area contributed by atoms with E-state index in [0.29, 0.717) is 0 Å². The molecule has 0 aliphatic heterocycles. The smallest absolute Gasteiger partial charge is 0.0448 e. The molecular weight excluding hydrogens is 198 g/mol. The van der Waals surface area contributed by atoms with Gasteiger partial charge >= 0.3 is 0 Å². The van der Waals surface area contributed by atoms with E-state index in [1.807, 2.05) is 0 Å². The summed E-state index contributed by atoms with van der Waals surface area (Å²) in [6, 6.07) is 6.39. The Morgan fingerprint density at radius 3 is 2.56 bits per heavy atom. The molecule has 0 atom stereocenters. The van der Waals surface area contributed by atoms with Crippen molar-refractivity contribution in [1.29, 1.82) is 0 Å². The van der Waals surface area contributed by atoms with E-state index in [9.17, 15) is 0 Å². The van der Waals surface area contributed by atoms with Crippen LogP contribution in [0.3, 0.4) is 0 Å². The SMILES string of the molecule is Cc1cccc(CNC(C)(C)CCO)c1C. The number of benzene rings is 1. The predicted octanol–water partition coefficient (Wildman–Crippen LogP) is 2.55. The van der Waals surface area contributed by atoms with Gasteiger partial charge in [-0.05, 0) is 50.8 Å². The monoisotopic (exact) mass is 221 g/mol. The maximum atomic E-state index is 8.96. The lowest BCUT2D eigenvalue weighted by Crippen LogP contribution is -2.39. The second-order valence-electron chi connectivity index (χ2n) is 5.07. The Balaban J connectivity index is 2.64. The van der Waals surface area contributed by atoms with Crippen molar-refractivity contribution in [3.8, 4) is 0 Å². The number of hydrogen-bond acceptors (Lipinski definition) is 2. The van der Waals surface area contributed by atoms with E-state index in [-0.39, 0.29) is 12.1 Å². The number of hydrogen-bond donors (Lipinski definition) is 2. The van der Waals surface area contributed by atoms with Crippen LogP contribution in [-0.4, -0.2) is 17.3 Å². The number of nitrogens with one attached hydrogen (secondary N) is 1. The highest BCUT2D eigenvalue weighted by Crippen LogP contribution is 2.15. The molecule has 0 saturated carbocycles. The number of aryl methyl sites for hydroxylation is 1. The second kappa shape index (κ2) is 5.46. The molecule has 90 valence electrons. The topological polar surface area (TPSA) is 32.3 Å². The van der Waals surface area contributed by atoms with Crippen LogP contribution in [0, 0.1) is 13.8 Å². The third-order valence-electron chi connectivity index (χ3n) is 3.21. The summed E-state index contributed by atoms with van der Waals surface area (Å²) in [6.07, 6.45) is 0.776. The third-order valence-corrected chi connectivity index (χ3v) is 3.21. The van der Waals surface area contributed by atoms with Crippen LogP contribution < -0.4 is 5.32 Å². The highest BCUT2D eigenvalue weighted by molar-refractivity contribution is 5.33. The van der Waals surface area contributed by atoms with E-state index in [0.717, 1.165) is 13.0 Å². The fourth-order valence-electron chi connectivity index (χ4n) is 1.71.